The van der Waals surface area contributed by atoms with E-state index in [1.54, 1.807) is 0 Å². The molecule has 0 heterocycles. The molecule has 0 radical (unpaired) electrons. The van der Waals surface area contributed by atoms with Crippen molar-refractivity contribution in [3.05, 3.63) is 65.2 Å². The smallest absolute Gasteiger partial charge is 0.319 e. The molecule has 4 N–H and O–H groups in total. The second-order valence-corrected chi connectivity index (χ2v) is 4.40. The topological polar surface area (TPSA) is 67.1 Å². The molecule has 0 atom stereocenters. The van der Waals surface area contributed by atoms with Gasteiger partial charge in [0.25, 0.3) is 0 Å². The summed E-state index contributed by atoms with van der Waals surface area (Å²) in [7, 11) is 0. The number of amides is 2. The standard InChI is InChI=1S/C15H15F2N3O/c16-12-5-6-14(13(17)7-12)20-15(21)19-9-11-4-2-1-3-10(11)8-18/h1-7H,8-9,18H2,(H2,19,20,21). The number of anilines is 1. The summed E-state index contributed by atoms with van der Waals surface area (Å²) < 4.78 is 26.2. The largest absolute Gasteiger partial charge is 0.334 e. The number of rotatable bonds is 4. The molecule has 4 nitrogen and oxygen atoms in total. The van der Waals surface area contributed by atoms with Gasteiger partial charge in [-0.1, -0.05) is 24.3 Å². The molecule has 6 heteroatoms. The molecule has 0 aliphatic rings. The molecule has 2 aromatic carbocycles. The molecule has 0 aliphatic carbocycles. The summed E-state index contributed by atoms with van der Waals surface area (Å²) in [6.07, 6.45) is 0. The minimum absolute atomic E-state index is 0.0824. The van der Waals surface area contributed by atoms with Crippen molar-refractivity contribution in [2.45, 2.75) is 13.1 Å². The highest BCUT2D eigenvalue weighted by molar-refractivity contribution is 5.89. The summed E-state index contributed by atoms with van der Waals surface area (Å²) in [6, 6.07) is 9.79. The number of hydrogen-bond donors (Lipinski definition) is 3. The van der Waals surface area contributed by atoms with Crippen molar-refractivity contribution in [2.75, 3.05) is 5.32 Å². The van der Waals surface area contributed by atoms with Gasteiger partial charge < -0.3 is 16.4 Å². The highest BCUT2D eigenvalue weighted by Crippen LogP contribution is 2.14. The fourth-order valence-electron chi connectivity index (χ4n) is 1.86. The van der Waals surface area contributed by atoms with Crippen LogP contribution in [0.3, 0.4) is 0 Å². The molecule has 21 heavy (non-hydrogen) atoms. The van der Waals surface area contributed by atoms with Gasteiger partial charge in [-0.2, -0.15) is 0 Å². The van der Waals surface area contributed by atoms with Gasteiger partial charge >= 0.3 is 6.03 Å². The van der Waals surface area contributed by atoms with Crippen LogP contribution in [0.2, 0.25) is 0 Å². The van der Waals surface area contributed by atoms with E-state index in [0.717, 1.165) is 23.3 Å². The lowest BCUT2D eigenvalue weighted by molar-refractivity contribution is 0.251. The summed E-state index contributed by atoms with van der Waals surface area (Å²) >= 11 is 0. The first-order chi connectivity index (χ1) is 10.1. The highest BCUT2D eigenvalue weighted by Gasteiger charge is 2.08. The molecular weight excluding hydrogens is 276 g/mol. The molecule has 110 valence electrons. The Morgan fingerprint density at radius 3 is 2.48 bits per heavy atom. The van der Waals surface area contributed by atoms with Crippen LogP contribution in [-0.4, -0.2) is 6.03 Å². The predicted molar refractivity (Wildman–Crippen MR) is 76.5 cm³/mol. The fraction of sp³-hybridized carbons (Fsp3) is 0.133. The van der Waals surface area contributed by atoms with Crippen LogP contribution in [0.15, 0.2) is 42.5 Å². The molecule has 0 fully saturated rings. The van der Waals surface area contributed by atoms with E-state index in [1.165, 1.54) is 0 Å². The van der Waals surface area contributed by atoms with Crippen molar-refractivity contribution in [3.8, 4) is 0 Å². The van der Waals surface area contributed by atoms with Crippen LogP contribution in [0.4, 0.5) is 19.3 Å². The zero-order valence-corrected chi connectivity index (χ0v) is 11.2. The number of carbonyl (C=O) groups is 1. The molecule has 0 unspecified atom stereocenters. The molecular formula is C15H15F2N3O. The predicted octanol–water partition coefficient (Wildman–Crippen LogP) is 2.75. The monoisotopic (exact) mass is 291 g/mol. The normalized spacial score (nSPS) is 10.2. The summed E-state index contributed by atoms with van der Waals surface area (Å²) in [4.78, 5) is 11.7. The highest BCUT2D eigenvalue weighted by atomic mass is 19.1. The van der Waals surface area contributed by atoms with Gasteiger partial charge in [0, 0.05) is 19.2 Å². The average molecular weight is 291 g/mol. The lowest BCUT2D eigenvalue weighted by Crippen LogP contribution is -2.29. The number of nitrogens with one attached hydrogen (secondary N) is 2. The van der Waals surface area contributed by atoms with Crippen LogP contribution in [0.5, 0.6) is 0 Å². The van der Waals surface area contributed by atoms with Crippen molar-refractivity contribution in [1.29, 1.82) is 0 Å². The van der Waals surface area contributed by atoms with E-state index in [0.29, 0.717) is 12.6 Å². The molecule has 2 amide bonds. The second kappa shape index (κ2) is 6.81. The molecule has 0 spiro atoms. The Balaban J connectivity index is 1.96. The average Bonchev–Trinajstić information content (AvgIpc) is 2.48. The minimum atomic E-state index is -0.826. The maximum atomic E-state index is 13.4. The summed E-state index contributed by atoms with van der Waals surface area (Å²) in [5.74, 6) is -1.53. The second-order valence-electron chi connectivity index (χ2n) is 4.40. The third-order valence-corrected chi connectivity index (χ3v) is 2.96. The first-order valence-electron chi connectivity index (χ1n) is 6.37. The molecule has 0 bridgehead atoms. The summed E-state index contributed by atoms with van der Waals surface area (Å²) in [5.41, 5.74) is 7.32. The molecule has 2 rings (SSSR count). The van der Waals surface area contributed by atoms with Gasteiger partial charge in [0.2, 0.25) is 0 Å². The number of benzene rings is 2. The first kappa shape index (κ1) is 14.9. The van der Waals surface area contributed by atoms with Gasteiger partial charge in [-0.05, 0) is 23.3 Å². The van der Waals surface area contributed by atoms with Crippen molar-refractivity contribution in [3.63, 3.8) is 0 Å². The lowest BCUT2D eigenvalue weighted by atomic mass is 10.1. The number of halogens is 2. The Hall–Kier alpha value is -2.47. The molecule has 0 saturated carbocycles. The van der Waals surface area contributed by atoms with Gasteiger partial charge in [-0.15, -0.1) is 0 Å². The van der Waals surface area contributed by atoms with Gasteiger partial charge in [-0.3, -0.25) is 0 Å². The van der Waals surface area contributed by atoms with Gasteiger partial charge in [0.05, 0.1) is 5.69 Å². The fourth-order valence-corrected chi connectivity index (χ4v) is 1.86. The van der Waals surface area contributed by atoms with E-state index in [-0.39, 0.29) is 12.2 Å². The van der Waals surface area contributed by atoms with E-state index in [9.17, 15) is 13.6 Å². The van der Waals surface area contributed by atoms with Crippen LogP contribution in [0.1, 0.15) is 11.1 Å². The van der Waals surface area contributed by atoms with Crippen molar-refractivity contribution >= 4 is 11.7 Å². The molecule has 2 aromatic rings. The van der Waals surface area contributed by atoms with Gasteiger partial charge in [0.1, 0.15) is 11.6 Å². The van der Waals surface area contributed by atoms with Crippen LogP contribution < -0.4 is 16.4 Å². The Morgan fingerprint density at radius 1 is 1.10 bits per heavy atom. The third kappa shape index (κ3) is 4.00. The van der Waals surface area contributed by atoms with Crippen LogP contribution in [0.25, 0.3) is 0 Å². The molecule has 0 aliphatic heterocycles. The van der Waals surface area contributed by atoms with Crippen LogP contribution in [0, 0.1) is 11.6 Å². The number of carbonyl (C=O) groups excluding carboxylic acids is 1. The van der Waals surface area contributed by atoms with Crippen molar-refractivity contribution in [1.82, 2.24) is 5.32 Å². The van der Waals surface area contributed by atoms with Crippen LogP contribution in [-0.2, 0) is 13.1 Å². The van der Waals surface area contributed by atoms with Gasteiger partial charge in [-0.25, -0.2) is 13.6 Å². The summed E-state index contributed by atoms with van der Waals surface area (Å²) in [6.45, 7) is 0.633. The van der Waals surface area contributed by atoms with Crippen molar-refractivity contribution in [2.24, 2.45) is 5.73 Å². The Bertz CT molecular complexity index is 647. The minimum Gasteiger partial charge on any atom is -0.334 e. The van der Waals surface area contributed by atoms with E-state index >= 15 is 0 Å². The first-order valence-corrected chi connectivity index (χ1v) is 6.37. The lowest BCUT2D eigenvalue weighted by Gasteiger charge is -2.11. The zero-order chi connectivity index (χ0) is 15.2. The van der Waals surface area contributed by atoms with E-state index in [4.69, 9.17) is 5.73 Å². The van der Waals surface area contributed by atoms with Gasteiger partial charge in [0.15, 0.2) is 0 Å². The van der Waals surface area contributed by atoms with Crippen molar-refractivity contribution < 1.29 is 13.6 Å². The Morgan fingerprint density at radius 2 is 1.81 bits per heavy atom. The van der Waals surface area contributed by atoms with E-state index in [1.807, 2.05) is 24.3 Å². The number of nitrogens with two attached hydrogens (primary N) is 1. The number of hydrogen-bond acceptors (Lipinski definition) is 2. The third-order valence-electron chi connectivity index (χ3n) is 2.96. The number of urea groups is 1. The summed E-state index contributed by atoms with van der Waals surface area (Å²) in [5, 5.41) is 4.92. The SMILES string of the molecule is NCc1ccccc1CNC(=O)Nc1ccc(F)cc1F. The molecule has 0 saturated heterocycles. The maximum absolute atomic E-state index is 13.4. The quantitative estimate of drug-likeness (QED) is 0.811. The van der Waals surface area contributed by atoms with Crippen LogP contribution >= 0.6 is 0 Å². The van der Waals surface area contributed by atoms with E-state index < -0.39 is 17.7 Å². The Labute approximate surface area is 121 Å². The van der Waals surface area contributed by atoms with E-state index in [2.05, 4.69) is 10.6 Å². The maximum Gasteiger partial charge on any atom is 0.319 e. The Kier molecular flexibility index (Phi) is 4.84. The molecule has 0 aromatic heterocycles. The zero-order valence-electron chi connectivity index (χ0n) is 11.2.